The zero-order valence-electron chi connectivity index (χ0n) is 9.00. The van der Waals surface area contributed by atoms with E-state index in [1.165, 1.54) is 6.07 Å². The SMILES string of the molecule is OC(c1cc(F)ccc1F)c1ccc(F)cc1Br. The molecular formula is C13H8BrF3O. The molecule has 0 saturated heterocycles. The van der Waals surface area contributed by atoms with Crippen molar-refractivity contribution in [2.45, 2.75) is 6.10 Å². The third kappa shape index (κ3) is 2.57. The molecule has 0 saturated carbocycles. The van der Waals surface area contributed by atoms with Crippen LogP contribution in [0.15, 0.2) is 40.9 Å². The Morgan fingerprint density at radius 2 is 1.50 bits per heavy atom. The molecule has 0 aromatic heterocycles. The van der Waals surface area contributed by atoms with Crippen molar-refractivity contribution in [2.24, 2.45) is 0 Å². The summed E-state index contributed by atoms with van der Waals surface area (Å²) < 4.78 is 39.7. The normalized spacial score (nSPS) is 12.5. The lowest BCUT2D eigenvalue weighted by molar-refractivity contribution is 0.213. The van der Waals surface area contributed by atoms with Crippen LogP contribution in [0.25, 0.3) is 0 Å². The summed E-state index contributed by atoms with van der Waals surface area (Å²) in [4.78, 5) is 0. The van der Waals surface area contributed by atoms with Crippen molar-refractivity contribution in [3.63, 3.8) is 0 Å². The maximum absolute atomic E-state index is 13.5. The molecule has 94 valence electrons. The Morgan fingerprint density at radius 3 is 2.17 bits per heavy atom. The van der Waals surface area contributed by atoms with Gasteiger partial charge >= 0.3 is 0 Å². The molecule has 0 aliphatic carbocycles. The van der Waals surface area contributed by atoms with Crippen LogP contribution < -0.4 is 0 Å². The van der Waals surface area contributed by atoms with Gasteiger partial charge in [0.1, 0.15) is 23.6 Å². The molecule has 0 spiro atoms. The Balaban J connectivity index is 2.47. The van der Waals surface area contributed by atoms with Gasteiger partial charge in [-0.3, -0.25) is 0 Å². The summed E-state index contributed by atoms with van der Waals surface area (Å²) in [5, 5.41) is 10.0. The first kappa shape index (κ1) is 13.1. The third-order valence-electron chi connectivity index (χ3n) is 2.51. The second-order valence-corrected chi connectivity index (χ2v) is 4.59. The molecule has 1 atom stereocenters. The molecule has 1 N–H and O–H groups in total. The Hall–Kier alpha value is -1.33. The summed E-state index contributed by atoms with van der Waals surface area (Å²) in [6, 6.07) is 6.41. The molecule has 1 nitrogen and oxygen atoms in total. The van der Waals surface area contributed by atoms with Crippen LogP contribution in [0, 0.1) is 17.5 Å². The zero-order chi connectivity index (χ0) is 13.3. The lowest BCUT2D eigenvalue weighted by Gasteiger charge is -2.14. The average Bonchev–Trinajstić information content (AvgIpc) is 2.31. The van der Waals surface area contributed by atoms with Gasteiger partial charge in [0.05, 0.1) is 0 Å². The number of rotatable bonds is 2. The first-order valence-corrected chi connectivity index (χ1v) is 5.86. The van der Waals surface area contributed by atoms with Gasteiger partial charge in [0.15, 0.2) is 0 Å². The van der Waals surface area contributed by atoms with Gasteiger partial charge in [0.2, 0.25) is 0 Å². The molecular weight excluding hydrogens is 309 g/mol. The lowest BCUT2D eigenvalue weighted by atomic mass is 10.0. The monoisotopic (exact) mass is 316 g/mol. The fourth-order valence-corrected chi connectivity index (χ4v) is 2.18. The van der Waals surface area contributed by atoms with E-state index >= 15 is 0 Å². The fraction of sp³-hybridized carbons (Fsp3) is 0.0769. The van der Waals surface area contributed by atoms with Gasteiger partial charge in [-0.25, -0.2) is 13.2 Å². The van der Waals surface area contributed by atoms with Crippen LogP contribution in [0.2, 0.25) is 0 Å². The van der Waals surface area contributed by atoms with Crippen LogP contribution in [-0.2, 0) is 0 Å². The first-order valence-electron chi connectivity index (χ1n) is 5.07. The van der Waals surface area contributed by atoms with E-state index in [9.17, 15) is 18.3 Å². The summed E-state index contributed by atoms with van der Waals surface area (Å²) >= 11 is 3.07. The first-order chi connectivity index (χ1) is 8.49. The molecule has 5 heteroatoms. The third-order valence-corrected chi connectivity index (χ3v) is 3.20. The number of hydrogen-bond donors (Lipinski definition) is 1. The molecule has 0 aliphatic rings. The molecule has 18 heavy (non-hydrogen) atoms. The molecule has 0 radical (unpaired) electrons. The average molecular weight is 317 g/mol. The van der Waals surface area contributed by atoms with E-state index in [1.54, 1.807) is 0 Å². The number of aliphatic hydroxyl groups is 1. The predicted molar refractivity (Wildman–Crippen MR) is 64.5 cm³/mol. The molecule has 0 bridgehead atoms. The highest BCUT2D eigenvalue weighted by molar-refractivity contribution is 9.10. The molecule has 2 rings (SSSR count). The number of benzene rings is 2. The van der Waals surface area contributed by atoms with Crippen LogP contribution in [0.3, 0.4) is 0 Å². The van der Waals surface area contributed by atoms with E-state index in [0.29, 0.717) is 4.47 Å². The van der Waals surface area contributed by atoms with Gasteiger partial charge in [-0.2, -0.15) is 0 Å². The standard InChI is InChI=1S/C13H8BrF3O/c14-11-6-8(16)1-3-9(11)13(18)10-5-7(15)2-4-12(10)17/h1-6,13,18H. The number of halogens is 4. The van der Waals surface area contributed by atoms with Crippen molar-refractivity contribution in [2.75, 3.05) is 0 Å². The van der Waals surface area contributed by atoms with Gasteiger partial charge in [-0.15, -0.1) is 0 Å². The van der Waals surface area contributed by atoms with E-state index in [0.717, 1.165) is 30.3 Å². The van der Waals surface area contributed by atoms with Crippen molar-refractivity contribution < 1.29 is 18.3 Å². The minimum Gasteiger partial charge on any atom is -0.384 e. The van der Waals surface area contributed by atoms with Gasteiger partial charge in [0, 0.05) is 10.0 Å². The van der Waals surface area contributed by atoms with Gasteiger partial charge in [0.25, 0.3) is 0 Å². The Morgan fingerprint density at radius 1 is 0.889 bits per heavy atom. The molecule has 0 amide bonds. The summed E-state index contributed by atoms with van der Waals surface area (Å²) in [7, 11) is 0. The number of hydrogen-bond acceptors (Lipinski definition) is 1. The molecule has 2 aromatic rings. The van der Waals surface area contributed by atoms with Gasteiger partial charge in [-0.1, -0.05) is 22.0 Å². The van der Waals surface area contributed by atoms with Crippen LogP contribution in [0.4, 0.5) is 13.2 Å². The maximum atomic E-state index is 13.5. The maximum Gasteiger partial charge on any atom is 0.129 e. The van der Waals surface area contributed by atoms with Crippen LogP contribution >= 0.6 is 15.9 Å². The van der Waals surface area contributed by atoms with E-state index in [1.807, 2.05) is 0 Å². The summed E-state index contributed by atoms with van der Waals surface area (Å²) in [5.74, 6) is -1.86. The Bertz CT molecular complexity index is 586. The molecule has 0 heterocycles. The van der Waals surface area contributed by atoms with E-state index in [-0.39, 0.29) is 11.1 Å². The lowest BCUT2D eigenvalue weighted by Crippen LogP contribution is -2.04. The second kappa shape index (κ2) is 5.12. The summed E-state index contributed by atoms with van der Waals surface area (Å²) in [6.45, 7) is 0. The Labute approximate surface area is 110 Å². The quantitative estimate of drug-likeness (QED) is 0.889. The second-order valence-electron chi connectivity index (χ2n) is 3.73. The smallest absolute Gasteiger partial charge is 0.129 e. The van der Waals surface area contributed by atoms with Crippen LogP contribution in [-0.4, -0.2) is 5.11 Å². The highest BCUT2D eigenvalue weighted by Crippen LogP contribution is 2.30. The van der Waals surface area contributed by atoms with Gasteiger partial charge in [-0.05, 0) is 35.9 Å². The minimum atomic E-state index is -1.37. The number of aliphatic hydroxyl groups excluding tert-OH is 1. The summed E-state index contributed by atoms with van der Waals surface area (Å²) in [6.07, 6.45) is -1.37. The Kier molecular flexibility index (Phi) is 3.73. The topological polar surface area (TPSA) is 20.2 Å². The summed E-state index contributed by atoms with van der Waals surface area (Å²) in [5.41, 5.74) is 0.0724. The van der Waals surface area contributed by atoms with Crippen molar-refractivity contribution >= 4 is 15.9 Å². The minimum absolute atomic E-state index is 0.192. The van der Waals surface area contributed by atoms with E-state index < -0.39 is 23.6 Å². The van der Waals surface area contributed by atoms with Crippen molar-refractivity contribution in [3.05, 3.63) is 69.4 Å². The highest BCUT2D eigenvalue weighted by Gasteiger charge is 2.18. The van der Waals surface area contributed by atoms with Crippen molar-refractivity contribution in [1.29, 1.82) is 0 Å². The van der Waals surface area contributed by atoms with Crippen molar-refractivity contribution in [1.82, 2.24) is 0 Å². The van der Waals surface area contributed by atoms with Crippen LogP contribution in [0.5, 0.6) is 0 Å². The molecule has 0 fully saturated rings. The molecule has 2 aromatic carbocycles. The predicted octanol–water partition coefficient (Wildman–Crippen LogP) is 3.95. The largest absolute Gasteiger partial charge is 0.384 e. The zero-order valence-corrected chi connectivity index (χ0v) is 10.6. The molecule has 1 unspecified atom stereocenters. The van der Waals surface area contributed by atoms with Gasteiger partial charge < -0.3 is 5.11 Å². The van der Waals surface area contributed by atoms with E-state index in [2.05, 4.69) is 15.9 Å². The van der Waals surface area contributed by atoms with E-state index in [4.69, 9.17) is 0 Å². The molecule has 0 aliphatic heterocycles. The van der Waals surface area contributed by atoms with Crippen LogP contribution in [0.1, 0.15) is 17.2 Å². The van der Waals surface area contributed by atoms with Crippen molar-refractivity contribution in [3.8, 4) is 0 Å². The fourth-order valence-electron chi connectivity index (χ4n) is 1.61. The highest BCUT2D eigenvalue weighted by atomic mass is 79.9.